The van der Waals surface area contributed by atoms with Crippen LogP contribution < -0.4 is 11.1 Å². The maximum atomic E-state index is 11.0. The SMILES string of the molecule is CC(C)(CC(N)=O)NCc1ccc2c(c1)CCC2. The molecule has 3 heteroatoms. The third-order valence-corrected chi connectivity index (χ3v) is 3.55. The molecule has 1 amide bonds. The van der Waals surface area contributed by atoms with Gasteiger partial charge in [0.1, 0.15) is 0 Å². The van der Waals surface area contributed by atoms with Crippen molar-refractivity contribution in [1.82, 2.24) is 5.32 Å². The number of rotatable bonds is 5. The monoisotopic (exact) mass is 246 g/mol. The third kappa shape index (κ3) is 3.33. The lowest BCUT2D eigenvalue weighted by molar-refractivity contribution is -0.119. The Labute approximate surface area is 109 Å². The summed E-state index contributed by atoms with van der Waals surface area (Å²) in [6.07, 6.45) is 4.06. The topological polar surface area (TPSA) is 55.1 Å². The number of hydrogen-bond donors (Lipinski definition) is 2. The molecule has 0 bridgehead atoms. The van der Waals surface area contributed by atoms with E-state index in [1.54, 1.807) is 0 Å². The van der Waals surface area contributed by atoms with E-state index in [1.807, 2.05) is 13.8 Å². The molecule has 1 aliphatic rings. The molecule has 1 aromatic carbocycles. The molecule has 0 heterocycles. The van der Waals surface area contributed by atoms with Gasteiger partial charge < -0.3 is 11.1 Å². The van der Waals surface area contributed by atoms with Crippen molar-refractivity contribution < 1.29 is 4.79 Å². The zero-order chi connectivity index (χ0) is 13.2. The zero-order valence-corrected chi connectivity index (χ0v) is 11.3. The minimum atomic E-state index is -0.263. The lowest BCUT2D eigenvalue weighted by Gasteiger charge is -2.25. The molecule has 3 N–H and O–H groups in total. The molecule has 0 saturated carbocycles. The molecule has 1 aromatic rings. The van der Waals surface area contributed by atoms with Gasteiger partial charge in [-0.1, -0.05) is 18.2 Å². The van der Waals surface area contributed by atoms with Gasteiger partial charge >= 0.3 is 0 Å². The molecule has 0 aliphatic heterocycles. The Morgan fingerprint density at radius 3 is 2.78 bits per heavy atom. The van der Waals surface area contributed by atoms with Gasteiger partial charge in [0.05, 0.1) is 0 Å². The number of primary amides is 1. The molecule has 1 aliphatic carbocycles. The second-order valence-corrected chi connectivity index (χ2v) is 5.84. The first-order chi connectivity index (χ1) is 8.46. The highest BCUT2D eigenvalue weighted by atomic mass is 16.1. The summed E-state index contributed by atoms with van der Waals surface area (Å²) in [6.45, 7) is 4.80. The second kappa shape index (κ2) is 5.11. The first kappa shape index (κ1) is 13.1. The molecule has 0 unspecified atom stereocenters. The average molecular weight is 246 g/mol. The van der Waals surface area contributed by atoms with Gasteiger partial charge in [-0.2, -0.15) is 0 Å². The Morgan fingerprint density at radius 1 is 1.33 bits per heavy atom. The zero-order valence-electron chi connectivity index (χ0n) is 11.3. The molecule has 3 nitrogen and oxygen atoms in total. The fourth-order valence-electron chi connectivity index (χ4n) is 2.57. The van der Waals surface area contributed by atoms with E-state index in [2.05, 4.69) is 23.5 Å². The van der Waals surface area contributed by atoms with Crippen LogP contribution in [0.15, 0.2) is 18.2 Å². The summed E-state index contributed by atoms with van der Waals surface area (Å²) in [5.41, 5.74) is 9.27. The van der Waals surface area contributed by atoms with Crippen LogP contribution in [0, 0.1) is 0 Å². The van der Waals surface area contributed by atoms with E-state index in [4.69, 9.17) is 5.73 Å². The van der Waals surface area contributed by atoms with Crippen LogP contribution in [0.25, 0.3) is 0 Å². The Hall–Kier alpha value is -1.35. The van der Waals surface area contributed by atoms with Crippen molar-refractivity contribution >= 4 is 5.91 Å². The van der Waals surface area contributed by atoms with Crippen molar-refractivity contribution in [3.63, 3.8) is 0 Å². The summed E-state index contributed by atoms with van der Waals surface area (Å²) in [7, 11) is 0. The van der Waals surface area contributed by atoms with E-state index < -0.39 is 0 Å². The minimum absolute atomic E-state index is 0.245. The molecule has 0 fully saturated rings. The number of benzene rings is 1. The minimum Gasteiger partial charge on any atom is -0.370 e. The number of nitrogens with two attached hydrogens (primary N) is 1. The number of nitrogens with one attached hydrogen (secondary N) is 1. The van der Waals surface area contributed by atoms with E-state index in [0.29, 0.717) is 6.42 Å². The summed E-state index contributed by atoms with van der Waals surface area (Å²) < 4.78 is 0. The Kier molecular flexibility index (Phi) is 3.71. The van der Waals surface area contributed by atoms with E-state index >= 15 is 0 Å². The van der Waals surface area contributed by atoms with E-state index in [0.717, 1.165) is 6.54 Å². The lowest BCUT2D eigenvalue weighted by Crippen LogP contribution is -2.42. The van der Waals surface area contributed by atoms with Crippen molar-refractivity contribution in [2.45, 2.75) is 51.6 Å². The number of carbonyl (C=O) groups is 1. The number of amides is 1. The molecule has 18 heavy (non-hydrogen) atoms. The maximum Gasteiger partial charge on any atom is 0.219 e. The number of carbonyl (C=O) groups excluding carboxylic acids is 1. The van der Waals surface area contributed by atoms with Gasteiger partial charge in [0.2, 0.25) is 5.91 Å². The Bertz CT molecular complexity index is 452. The standard InChI is InChI=1S/C15H22N2O/c1-15(2,9-14(16)18)17-10-11-6-7-12-4-3-5-13(12)8-11/h6-8,17H,3-5,9-10H2,1-2H3,(H2,16,18). The largest absolute Gasteiger partial charge is 0.370 e. The summed E-state index contributed by atoms with van der Waals surface area (Å²) in [5, 5.41) is 3.40. The summed E-state index contributed by atoms with van der Waals surface area (Å²) in [4.78, 5) is 11.0. The smallest absolute Gasteiger partial charge is 0.219 e. The maximum absolute atomic E-state index is 11.0. The molecular formula is C15H22N2O. The molecule has 0 aromatic heterocycles. The quantitative estimate of drug-likeness (QED) is 0.834. The molecule has 0 saturated heterocycles. The number of fused-ring (bicyclic) bond motifs is 1. The van der Waals surface area contributed by atoms with Crippen LogP contribution in [0.5, 0.6) is 0 Å². The summed E-state index contributed by atoms with van der Waals surface area (Å²) in [6, 6.07) is 6.70. The van der Waals surface area contributed by atoms with Crippen LogP contribution in [-0.2, 0) is 24.2 Å². The fourth-order valence-corrected chi connectivity index (χ4v) is 2.57. The number of hydrogen-bond acceptors (Lipinski definition) is 2. The molecule has 98 valence electrons. The highest BCUT2D eigenvalue weighted by Crippen LogP contribution is 2.23. The van der Waals surface area contributed by atoms with Crippen LogP contribution in [-0.4, -0.2) is 11.4 Å². The highest BCUT2D eigenvalue weighted by Gasteiger charge is 2.20. The van der Waals surface area contributed by atoms with Gasteiger partial charge in [-0.25, -0.2) is 0 Å². The van der Waals surface area contributed by atoms with Gasteiger partial charge in [0.25, 0.3) is 0 Å². The molecule has 0 atom stereocenters. The fraction of sp³-hybridized carbons (Fsp3) is 0.533. The second-order valence-electron chi connectivity index (χ2n) is 5.84. The highest BCUT2D eigenvalue weighted by molar-refractivity contribution is 5.75. The molecule has 2 rings (SSSR count). The summed E-state index contributed by atoms with van der Waals surface area (Å²) >= 11 is 0. The van der Waals surface area contributed by atoms with Crippen LogP contribution in [0.3, 0.4) is 0 Å². The molecule has 0 radical (unpaired) electrons. The predicted octanol–water partition coefficient (Wildman–Crippen LogP) is 1.92. The normalized spacial score (nSPS) is 14.6. The molecular weight excluding hydrogens is 224 g/mol. The first-order valence-electron chi connectivity index (χ1n) is 6.60. The van der Waals surface area contributed by atoms with Crippen molar-refractivity contribution in [1.29, 1.82) is 0 Å². The molecule has 0 spiro atoms. The first-order valence-corrected chi connectivity index (χ1v) is 6.60. The van der Waals surface area contributed by atoms with Crippen molar-refractivity contribution in [3.8, 4) is 0 Å². The summed E-state index contributed by atoms with van der Waals surface area (Å²) in [5.74, 6) is -0.263. The van der Waals surface area contributed by atoms with Gasteiger partial charge in [-0.05, 0) is 49.8 Å². The van der Waals surface area contributed by atoms with Crippen molar-refractivity contribution in [2.75, 3.05) is 0 Å². The number of aryl methyl sites for hydroxylation is 2. The van der Waals surface area contributed by atoms with Crippen LogP contribution in [0.4, 0.5) is 0 Å². The van der Waals surface area contributed by atoms with Crippen LogP contribution in [0.1, 0.15) is 43.4 Å². The van der Waals surface area contributed by atoms with Gasteiger partial charge in [-0.15, -0.1) is 0 Å². The third-order valence-electron chi connectivity index (χ3n) is 3.55. The lowest BCUT2D eigenvalue weighted by atomic mass is 9.99. The van der Waals surface area contributed by atoms with Crippen molar-refractivity contribution in [3.05, 3.63) is 34.9 Å². The van der Waals surface area contributed by atoms with E-state index in [1.165, 1.54) is 36.0 Å². The van der Waals surface area contributed by atoms with Crippen LogP contribution in [0.2, 0.25) is 0 Å². The van der Waals surface area contributed by atoms with E-state index in [-0.39, 0.29) is 11.4 Å². The average Bonchev–Trinajstić information content (AvgIpc) is 2.71. The van der Waals surface area contributed by atoms with E-state index in [9.17, 15) is 4.79 Å². The Morgan fingerprint density at radius 2 is 2.06 bits per heavy atom. The predicted molar refractivity (Wildman–Crippen MR) is 73.2 cm³/mol. The van der Waals surface area contributed by atoms with Gasteiger partial charge in [0, 0.05) is 18.5 Å². The Balaban J connectivity index is 1.96. The van der Waals surface area contributed by atoms with Gasteiger partial charge in [0.15, 0.2) is 0 Å². The van der Waals surface area contributed by atoms with Crippen molar-refractivity contribution in [2.24, 2.45) is 5.73 Å². The van der Waals surface area contributed by atoms with Gasteiger partial charge in [-0.3, -0.25) is 4.79 Å². The van der Waals surface area contributed by atoms with Crippen LogP contribution >= 0.6 is 0 Å².